The topological polar surface area (TPSA) is 120 Å². The van der Waals surface area contributed by atoms with Crippen LogP contribution < -0.4 is 15.8 Å². The van der Waals surface area contributed by atoms with Crippen LogP contribution >= 0.6 is 0 Å². The number of aromatic nitrogens is 3. The number of rotatable bonds is 9. The fourth-order valence-corrected chi connectivity index (χ4v) is 7.38. The number of nitrogens with one attached hydrogen (secondary N) is 1. The van der Waals surface area contributed by atoms with E-state index in [9.17, 15) is 14.7 Å². The first-order valence-electron chi connectivity index (χ1n) is 16.9. The summed E-state index contributed by atoms with van der Waals surface area (Å²) in [5.41, 5.74) is 6.34. The van der Waals surface area contributed by atoms with Crippen molar-refractivity contribution in [2.24, 2.45) is 12.0 Å². The SMILES string of the molecule is C=N/C(=C\C=C(/C)N1CCN(C2COC2)CC1)Nc1cc(-c2ccnc(N3CCn4c(cc5c4CCCC5)C3=O)c2CO)cn(C)c1=O. The van der Waals surface area contributed by atoms with Gasteiger partial charge in [0.15, 0.2) is 0 Å². The summed E-state index contributed by atoms with van der Waals surface area (Å²) in [6.07, 6.45) is 11.5. The maximum absolute atomic E-state index is 13.8. The van der Waals surface area contributed by atoms with Crippen LogP contribution in [0.3, 0.4) is 0 Å². The van der Waals surface area contributed by atoms with Crippen LogP contribution in [0.5, 0.6) is 0 Å². The van der Waals surface area contributed by atoms with Gasteiger partial charge in [0, 0.05) is 81.2 Å². The molecule has 2 saturated heterocycles. The first-order valence-corrected chi connectivity index (χ1v) is 16.9. The average Bonchev–Trinajstić information content (AvgIpc) is 3.47. The minimum absolute atomic E-state index is 0.108. The third kappa shape index (κ3) is 5.99. The highest BCUT2D eigenvalue weighted by atomic mass is 16.5. The van der Waals surface area contributed by atoms with Crippen molar-refractivity contribution in [3.05, 3.63) is 87.1 Å². The largest absolute Gasteiger partial charge is 0.392 e. The highest BCUT2D eigenvalue weighted by Crippen LogP contribution is 2.34. The Balaban J connectivity index is 1.13. The van der Waals surface area contributed by atoms with Gasteiger partial charge in [0.25, 0.3) is 11.5 Å². The van der Waals surface area contributed by atoms with E-state index in [2.05, 4.69) is 43.3 Å². The van der Waals surface area contributed by atoms with Crippen LogP contribution in [-0.2, 0) is 37.8 Å². The number of pyridine rings is 2. The molecule has 0 bridgehead atoms. The van der Waals surface area contributed by atoms with Crippen LogP contribution in [-0.4, -0.2) is 93.6 Å². The predicted octanol–water partition coefficient (Wildman–Crippen LogP) is 3.15. The Labute approximate surface area is 280 Å². The predicted molar refractivity (Wildman–Crippen MR) is 186 cm³/mol. The Bertz CT molecular complexity index is 1840. The highest BCUT2D eigenvalue weighted by molar-refractivity contribution is 6.06. The summed E-state index contributed by atoms with van der Waals surface area (Å²) in [6.45, 7) is 12.2. The maximum Gasteiger partial charge on any atom is 0.276 e. The van der Waals surface area contributed by atoms with Crippen molar-refractivity contribution in [2.75, 3.05) is 56.2 Å². The monoisotopic (exact) mass is 652 g/mol. The van der Waals surface area contributed by atoms with E-state index in [0.717, 1.165) is 70.8 Å². The molecule has 0 atom stereocenters. The van der Waals surface area contributed by atoms with Crippen LogP contribution in [0.2, 0.25) is 0 Å². The fourth-order valence-electron chi connectivity index (χ4n) is 7.38. The van der Waals surface area contributed by atoms with E-state index in [0.29, 0.717) is 58.8 Å². The zero-order valence-electron chi connectivity index (χ0n) is 27.8. The van der Waals surface area contributed by atoms with E-state index in [1.165, 1.54) is 15.8 Å². The number of carbonyl (C=O) groups is 1. The molecule has 1 amide bonds. The number of aliphatic hydroxyl groups excluding tert-OH is 1. The summed E-state index contributed by atoms with van der Waals surface area (Å²) in [5.74, 6) is 0.767. The number of anilines is 2. The molecule has 2 N–H and O–H groups in total. The zero-order valence-corrected chi connectivity index (χ0v) is 27.8. The quantitative estimate of drug-likeness (QED) is 0.267. The first-order chi connectivity index (χ1) is 23.4. The van der Waals surface area contributed by atoms with Crippen molar-refractivity contribution in [3.8, 4) is 11.1 Å². The maximum atomic E-state index is 13.8. The Morgan fingerprint density at radius 1 is 1.10 bits per heavy atom. The third-order valence-corrected chi connectivity index (χ3v) is 10.2. The minimum Gasteiger partial charge on any atom is -0.392 e. The van der Waals surface area contributed by atoms with Gasteiger partial charge in [-0.25, -0.2) is 9.98 Å². The van der Waals surface area contributed by atoms with Gasteiger partial charge in [0.2, 0.25) is 0 Å². The van der Waals surface area contributed by atoms with E-state index in [4.69, 9.17) is 4.74 Å². The third-order valence-electron chi connectivity index (χ3n) is 10.2. The summed E-state index contributed by atoms with van der Waals surface area (Å²) < 4.78 is 9.02. The number of ether oxygens (including phenoxy) is 1. The van der Waals surface area contributed by atoms with Gasteiger partial charge in [-0.05, 0) is 80.8 Å². The Morgan fingerprint density at radius 3 is 2.62 bits per heavy atom. The molecule has 252 valence electrons. The van der Waals surface area contributed by atoms with Crippen molar-refractivity contribution in [3.63, 3.8) is 0 Å². The van der Waals surface area contributed by atoms with Crippen molar-refractivity contribution in [1.82, 2.24) is 23.9 Å². The number of aliphatic hydroxyl groups is 1. The lowest BCUT2D eigenvalue weighted by Crippen LogP contribution is -2.56. The number of aryl methyl sites for hydroxylation is 2. The Morgan fingerprint density at radius 2 is 1.90 bits per heavy atom. The standard InChI is InChI=1S/C36H44N8O4/c1-24(41-12-14-42(15-13-41)27-22-48-23-27)8-9-33(37-2)39-30-18-26(20-40(3)35(30)46)28-10-11-38-34(29(28)21-45)44-17-16-43-31-7-5-4-6-25(31)19-32(43)36(44)47/h8-11,18-20,27,39,45H,2,4-7,12-17,21-23H2,1,3H3/b24-8+,33-9+. The van der Waals surface area contributed by atoms with Crippen LogP contribution in [0.1, 0.15) is 47.1 Å². The number of hydrogen-bond acceptors (Lipinski definition) is 9. The summed E-state index contributed by atoms with van der Waals surface area (Å²) in [6, 6.07) is 6.14. The van der Waals surface area contributed by atoms with E-state index in [1.54, 1.807) is 36.5 Å². The van der Waals surface area contributed by atoms with Gasteiger partial charge in [0.1, 0.15) is 23.0 Å². The summed E-state index contributed by atoms with van der Waals surface area (Å²) in [4.78, 5) is 42.4. The van der Waals surface area contributed by atoms with E-state index in [-0.39, 0.29) is 18.1 Å². The van der Waals surface area contributed by atoms with Gasteiger partial charge in [-0.3, -0.25) is 19.4 Å². The normalized spacial score (nSPS) is 19.2. The Hall–Kier alpha value is -4.52. The lowest BCUT2D eigenvalue weighted by molar-refractivity contribution is -0.0747. The fraction of sp³-hybridized carbons (Fsp3) is 0.444. The first kappa shape index (κ1) is 32.0. The molecule has 48 heavy (non-hydrogen) atoms. The second-order valence-electron chi connectivity index (χ2n) is 13.1. The molecule has 2 fully saturated rings. The molecule has 6 heterocycles. The second-order valence-corrected chi connectivity index (χ2v) is 13.1. The van der Waals surface area contributed by atoms with Crippen molar-refractivity contribution >= 4 is 24.1 Å². The van der Waals surface area contributed by atoms with Gasteiger partial charge < -0.3 is 29.2 Å². The number of amides is 1. The summed E-state index contributed by atoms with van der Waals surface area (Å²) >= 11 is 0. The number of allylic oxidation sites excluding steroid dienone is 3. The number of nitrogens with zero attached hydrogens (tertiary/aromatic N) is 7. The number of aliphatic imine (C=N–C) groups is 1. The molecule has 3 aliphatic heterocycles. The van der Waals surface area contributed by atoms with Crippen LogP contribution in [0.25, 0.3) is 11.1 Å². The molecule has 12 nitrogen and oxygen atoms in total. The molecule has 3 aromatic heterocycles. The van der Waals surface area contributed by atoms with Gasteiger partial charge in [-0.15, -0.1) is 0 Å². The van der Waals surface area contributed by atoms with Crippen LogP contribution in [0.15, 0.2) is 64.0 Å². The van der Waals surface area contributed by atoms with E-state index < -0.39 is 0 Å². The molecule has 4 aliphatic rings. The van der Waals surface area contributed by atoms with Crippen LogP contribution in [0, 0.1) is 0 Å². The molecule has 3 aromatic rings. The van der Waals surface area contributed by atoms with Gasteiger partial charge in [0.05, 0.1) is 25.9 Å². The summed E-state index contributed by atoms with van der Waals surface area (Å²) in [5, 5.41) is 13.8. The number of fused-ring (bicyclic) bond motifs is 3. The lowest BCUT2D eigenvalue weighted by atomic mass is 9.98. The Kier molecular flexibility index (Phi) is 9.04. The molecule has 0 aromatic carbocycles. The van der Waals surface area contributed by atoms with E-state index in [1.807, 2.05) is 18.2 Å². The van der Waals surface area contributed by atoms with Gasteiger partial charge in [-0.1, -0.05) is 0 Å². The second kappa shape index (κ2) is 13.5. The molecule has 0 unspecified atom stereocenters. The molecule has 1 aliphatic carbocycles. The van der Waals surface area contributed by atoms with Gasteiger partial charge in [-0.2, -0.15) is 0 Å². The molecule has 7 rings (SSSR count). The minimum atomic E-state index is -0.322. The highest BCUT2D eigenvalue weighted by Gasteiger charge is 2.33. The zero-order chi connectivity index (χ0) is 33.4. The average molecular weight is 653 g/mol. The lowest BCUT2D eigenvalue weighted by Gasteiger charge is -2.43. The summed E-state index contributed by atoms with van der Waals surface area (Å²) in [7, 11) is 1.69. The van der Waals surface area contributed by atoms with Crippen molar-refractivity contribution in [1.29, 1.82) is 0 Å². The number of piperazine rings is 1. The number of hydrogen-bond donors (Lipinski definition) is 2. The molecule has 0 spiro atoms. The van der Waals surface area contributed by atoms with E-state index >= 15 is 0 Å². The smallest absolute Gasteiger partial charge is 0.276 e. The number of carbonyl (C=O) groups excluding carboxylic acids is 1. The molecular weight excluding hydrogens is 608 g/mol. The molecule has 0 saturated carbocycles. The van der Waals surface area contributed by atoms with Crippen LogP contribution in [0.4, 0.5) is 11.5 Å². The van der Waals surface area contributed by atoms with Crippen molar-refractivity contribution in [2.45, 2.75) is 51.8 Å². The molecule has 12 heteroatoms. The van der Waals surface area contributed by atoms with Crippen molar-refractivity contribution < 1.29 is 14.6 Å². The molecular formula is C36H44N8O4. The van der Waals surface area contributed by atoms with Gasteiger partial charge >= 0.3 is 0 Å². The molecule has 0 radical (unpaired) electrons.